The number of amides is 2. The lowest BCUT2D eigenvalue weighted by molar-refractivity contribution is 0.119. The van der Waals surface area contributed by atoms with Gasteiger partial charge in [-0.15, -0.1) is 0 Å². The molecule has 3 heterocycles. The molecule has 5 rings (SSSR count). The number of aromatic amines is 1. The summed E-state index contributed by atoms with van der Waals surface area (Å²) in [6, 6.07) is 16.2. The molecule has 2 fully saturated rings. The van der Waals surface area contributed by atoms with Gasteiger partial charge in [-0.25, -0.2) is 4.79 Å². The molecule has 1 aromatic heterocycles. The van der Waals surface area contributed by atoms with Crippen molar-refractivity contribution in [3.8, 4) is 16.9 Å². The zero-order chi connectivity index (χ0) is 21.3. The maximum atomic E-state index is 13.6. The molecule has 0 saturated carbocycles. The van der Waals surface area contributed by atoms with Crippen molar-refractivity contribution >= 4 is 11.7 Å². The Balaban J connectivity index is 1.44. The second-order valence-corrected chi connectivity index (χ2v) is 8.31. The Morgan fingerprint density at radius 3 is 2.61 bits per heavy atom. The number of piperidine rings is 1. The predicted octanol–water partition coefficient (Wildman–Crippen LogP) is 3.65. The molecule has 160 valence electrons. The van der Waals surface area contributed by atoms with Gasteiger partial charge in [-0.05, 0) is 61.3 Å². The van der Waals surface area contributed by atoms with Gasteiger partial charge in [0, 0.05) is 24.0 Å². The molecule has 7 nitrogen and oxygen atoms in total. The van der Waals surface area contributed by atoms with Gasteiger partial charge in [-0.2, -0.15) is 5.10 Å². The van der Waals surface area contributed by atoms with Crippen molar-refractivity contribution in [3.05, 3.63) is 66.5 Å². The fourth-order valence-electron chi connectivity index (χ4n) is 4.75. The number of aromatic nitrogens is 2. The van der Waals surface area contributed by atoms with E-state index in [9.17, 15) is 4.79 Å². The van der Waals surface area contributed by atoms with Crippen LogP contribution in [0.4, 0.5) is 10.5 Å². The van der Waals surface area contributed by atoms with Gasteiger partial charge in [0.25, 0.3) is 0 Å². The summed E-state index contributed by atoms with van der Waals surface area (Å²) >= 11 is 0. The van der Waals surface area contributed by atoms with E-state index in [1.54, 1.807) is 13.3 Å². The lowest BCUT2D eigenvalue weighted by Gasteiger charge is -2.40. The first-order chi connectivity index (χ1) is 15.2. The molecule has 0 bridgehead atoms. The van der Waals surface area contributed by atoms with Crippen LogP contribution >= 0.6 is 0 Å². The van der Waals surface area contributed by atoms with Gasteiger partial charge in [0.15, 0.2) is 0 Å². The van der Waals surface area contributed by atoms with E-state index in [-0.39, 0.29) is 11.6 Å². The number of nitrogens with one attached hydrogen (secondary N) is 2. The third-order valence-corrected chi connectivity index (χ3v) is 6.51. The third-order valence-electron chi connectivity index (χ3n) is 6.51. The Hall–Kier alpha value is -3.32. The van der Waals surface area contributed by atoms with E-state index >= 15 is 0 Å². The van der Waals surface area contributed by atoms with Gasteiger partial charge >= 0.3 is 6.03 Å². The Kier molecular flexibility index (Phi) is 5.11. The fourth-order valence-corrected chi connectivity index (χ4v) is 4.75. The molecular weight excluding hydrogens is 390 g/mol. The van der Waals surface area contributed by atoms with Crippen molar-refractivity contribution in [2.24, 2.45) is 0 Å². The number of hydrogen-bond donors (Lipinski definition) is 2. The van der Waals surface area contributed by atoms with Gasteiger partial charge in [0.05, 0.1) is 25.4 Å². The molecule has 1 spiro atoms. The highest BCUT2D eigenvalue weighted by atomic mass is 16.5. The van der Waals surface area contributed by atoms with Crippen LogP contribution in [-0.4, -0.2) is 53.4 Å². The zero-order valence-electron chi connectivity index (χ0n) is 17.7. The van der Waals surface area contributed by atoms with Crippen LogP contribution in [0.3, 0.4) is 0 Å². The lowest BCUT2D eigenvalue weighted by atomic mass is 9.87. The standard InChI is InChI=1S/C24H27N5O2/c1-31-22-4-2-3-18(13-22)16-29-23(30)28(17-24(29)9-11-25-12-10-24)21-7-5-19(6-8-21)20-14-26-27-15-20/h2-8,13-15,25H,9-12,16-17H2,1H3,(H,26,27). The molecule has 2 amide bonds. The smallest absolute Gasteiger partial charge is 0.325 e. The average molecular weight is 418 g/mol. The minimum Gasteiger partial charge on any atom is -0.497 e. The van der Waals surface area contributed by atoms with Gasteiger partial charge in [0.2, 0.25) is 0 Å². The molecule has 0 atom stereocenters. The number of nitrogens with zero attached hydrogens (tertiary/aromatic N) is 3. The molecule has 2 aromatic carbocycles. The SMILES string of the molecule is COc1cccc(CN2C(=O)N(c3ccc(-c4cn[nH]c4)cc3)CC23CCNCC3)c1. The summed E-state index contributed by atoms with van der Waals surface area (Å²) in [6.07, 6.45) is 5.57. The van der Waals surface area contributed by atoms with Crippen molar-refractivity contribution < 1.29 is 9.53 Å². The number of carbonyl (C=O) groups is 1. The van der Waals surface area contributed by atoms with Crippen LogP contribution in [0, 0.1) is 0 Å². The molecule has 0 aliphatic carbocycles. The molecule has 7 heteroatoms. The number of anilines is 1. The predicted molar refractivity (Wildman–Crippen MR) is 120 cm³/mol. The number of H-pyrrole nitrogens is 1. The Morgan fingerprint density at radius 1 is 1.10 bits per heavy atom. The highest BCUT2D eigenvalue weighted by Crippen LogP contribution is 2.38. The topological polar surface area (TPSA) is 73.5 Å². The molecule has 0 unspecified atom stereocenters. The summed E-state index contributed by atoms with van der Waals surface area (Å²) in [4.78, 5) is 17.6. The molecule has 0 radical (unpaired) electrons. The molecule has 2 saturated heterocycles. The summed E-state index contributed by atoms with van der Waals surface area (Å²) in [5, 5.41) is 10.3. The number of urea groups is 1. The zero-order valence-corrected chi connectivity index (χ0v) is 17.7. The number of carbonyl (C=O) groups excluding carboxylic acids is 1. The maximum Gasteiger partial charge on any atom is 0.325 e. The molecule has 2 aliphatic rings. The van der Waals surface area contributed by atoms with E-state index in [2.05, 4.69) is 26.5 Å². The maximum absolute atomic E-state index is 13.6. The first kappa shape index (κ1) is 19.6. The van der Waals surface area contributed by atoms with Gasteiger partial charge in [0.1, 0.15) is 5.75 Å². The van der Waals surface area contributed by atoms with Crippen molar-refractivity contribution in [2.45, 2.75) is 24.9 Å². The average Bonchev–Trinajstić information content (AvgIpc) is 3.44. The summed E-state index contributed by atoms with van der Waals surface area (Å²) in [6.45, 7) is 3.15. The molecule has 31 heavy (non-hydrogen) atoms. The first-order valence-corrected chi connectivity index (χ1v) is 10.7. The lowest BCUT2D eigenvalue weighted by Crippen LogP contribution is -2.53. The second kappa shape index (κ2) is 8.07. The number of hydrogen-bond acceptors (Lipinski definition) is 4. The number of methoxy groups -OCH3 is 1. The minimum absolute atomic E-state index is 0.0702. The van der Waals surface area contributed by atoms with Crippen LogP contribution in [0.5, 0.6) is 5.75 Å². The van der Waals surface area contributed by atoms with E-state index in [1.165, 1.54) is 0 Å². The van der Waals surface area contributed by atoms with E-state index in [0.29, 0.717) is 13.1 Å². The van der Waals surface area contributed by atoms with E-state index < -0.39 is 0 Å². The van der Waals surface area contributed by atoms with Crippen LogP contribution < -0.4 is 15.0 Å². The highest BCUT2D eigenvalue weighted by Gasteiger charge is 2.50. The molecule has 2 N–H and O–H groups in total. The molecule has 2 aliphatic heterocycles. The van der Waals surface area contributed by atoms with E-state index in [1.807, 2.05) is 53.6 Å². The van der Waals surface area contributed by atoms with Crippen LogP contribution in [0.25, 0.3) is 11.1 Å². The quantitative estimate of drug-likeness (QED) is 0.665. The number of benzene rings is 2. The van der Waals surface area contributed by atoms with Crippen molar-refractivity contribution in [1.82, 2.24) is 20.4 Å². The van der Waals surface area contributed by atoms with E-state index in [4.69, 9.17) is 4.74 Å². The summed E-state index contributed by atoms with van der Waals surface area (Å²) in [5.74, 6) is 0.815. The van der Waals surface area contributed by atoms with E-state index in [0.717, 1.165) is 54.1 Å². The van der Waals surface area contributed by atoms with Gasteiger partial charge in [-0.1, -0.05) is 24.3 Å². The largest absolute Gasteiger partial charge is 0.497 e. The minimum atomic E-state index is -0.158. The van der Waals surface area contributed by atoms with Crippen molar-refractivity contribution in [1.29, 1.82) is 0 Å². The van der Waals surface area contributed by atoms with Gasteiger partial charge < -0.3 is 15.0 Å². The Morgan fingerprint density at radius 2 is 1.90 bits per heavy atom. The van der Waals surface area contributed by atoms with Crippen LogP contribution in [-0.2, 0) is 6.54 Å². The second-order valence-electron chi connectivity index (χ2n) is 8.31. The number of ether oxygens (including phenoxy) is 1. The summed E-state index contributed by atoms with van der Waals surface area (Å²) in [5.41, 5.74) is 3.98. The summed E-state index contributed by atoms with van der Waals surface area (Å²) < 4.78 is 5.38. The highest BCUT2D eigenvalue weighted by molar-refractivity contribution is 5.95. The van der Waals surface area contributed by atoms with Crippen LogP contribution in [0.1, 0.15) is 18.4 Å². The van der Waals surface area contributed by atoms with Crippen LogP contribution in [0.2, 0.25) is 0 Å². The van der Waals surface area contributed by atoms with Crippen molar-refractivity contribution in [2.75, 3.05) is 31.6 Å². The third kappa shape index (κ3) is 3.65. The monoisotopic (exact) mass is 417 g/mol. The first-order valence-electron chi connectivity index (χ1n) is 10.7. The number of rotatable bonds is 5. The Bertz CT molecular complexity index is 1040. The normalized spacial score (nSPS) is 18.0. The van der Waals surface area contributed by atoms with Crippen LogP contribution in [0.15, 0.2) is 60.9 Å². The fraction of sp³-hybridized carbons (Fsp3) is 0.333. The van der Waals surface area contributed by atoms with Gasteiger partial charge in [-0.3, -0.25) is 10.00 Å². The Labute approximate surface area is 182 Å². The summed E-state index contributed by atoms with van der Waals surface area (Å²) in [7, 11) is 1.67. The van der Waals surface area contributed by atoms with Crippen molar-refractivity contribution in [3.63, 3.8) is 0 Å². The molecule has 3 aromatic rings. The molecular formula is C24H27N5O2.